The van der Waals surface area contributed by atoms with Gasteiger partial charge in [-0.1, -0.05) is 24.3 Å². The average Bonchev–Trinajstić information content (AvgIpc) is 3.59. The Bertz CT molecular complexity index is 1480. The van der Waals surface area contributed by atoms with E-state index >= 15 is 0 Å². The third kappa shape index (κ3) is 11.2. The molecule has 3 N–H and O–H groups in total. The lowest BCUT2D eigenvalue weighted by Crippen LogP contribution is -2.51. The minimum Gasteiger partial charge on any atom is -0.491 e. The number of nitrogens with zero attached hydrogens (tertiary/aromatic N) is 3. The normalized spacial score (nSPS) is 14.3. The number of carbonyl (C=O) groups excluding carboxylic acids is 4. The van der Waals surface area contributed by atoms with E-state index in [4.69, 9.17) is 18.9 Å². The highest BCUT2D eigenvalue weighted by atomic mass is 16.6. The Hall–Kier alpha value is -4.79. The molecule has 14 nitrogen and oxygen atoms in total. The predicted molar refractivity (Wildman–Crippen MR) is 179 cm³/mol. The van der Waals surface area contributed by atoms with E-state index in [0.717, 1.165) is 36.1 Å². The first-order valence-corrected chi connectivity index (χ1v) is 16.0. The molecule has 4 amide bonds. The van der Waals surface area contributed by atoms with E-state index in [0.29, 0.717) is 69.9 Å². The lowest BCUT2D eigenvalue weighted by molar-refractivity contribution is -0.134. The molecule has 1 saturated heterocycles. The summed E-state index contributed by atoms with van der Waals surface area (Å²) in [5.41, 5.74) is 3.25. The van der Waals surface area contributed by atoms with E-state index < -0.39 is 6.04 Å². The lowest BCUT2D eigenvalue weighted by atomic mass is 10.0. The number of aryl methyl sites for hydroxylation is 1. The van der Waals surface area contributed by atoms with Crippen LogP contribution >= 0.6 is 0 Å². The molecule has 1 atom stereocenters. The van der Waals surface area contributed by atoms with Crippen molar-refractivity contribution in [2.24, 2.45) is 0 Å². The first-order valence-electron chi connectivity index (χ1n) is 16.0. The molecule has 0 bridgehead atoms. The number of nitrogens with one attached hydrogen (secondary N) is 3. The summed E-state index contributed by atoms with van der Waals surface area (Å²) in [6.45, 7) is 3.04. The predicted octanol–water partition coefficient (Wildman–Crippen LogP) is 2.49. The van der Waals surface area contributed by atoms with E-state index in [2.05, 4.69) is 20.8 Å². The molecule has 0 aliphatic carbocycles. The van der Waals surface area contributed by atoms with Gasteiger partial charge in [-0.2, -0.15) is 5.10 Å². The van der Waals surface area contributed by atoms with Crippen LogP contribution in [0.15, 0.2) is 54.7 Å². The number of hydrogen-bond acceptors (Lipinski definition) is 10. The molecule has 1 unspecified atom stereocenters. The molecular formula is C34H44N6O8. The van der Waals surface area contributed by atoms with Crippen molar-refractivity contribution in [1.82, 2.24) is 15.5 Å². The number of amides is 4. The third-order valence-corrected chi connectivity index (χ3v) is 7.72. The van der Waals surface area contributed by atoms with Crippen LogP contribution in [0, 0.1) is 0 Å². The van der Waals surface area contributed by atoms with Crippen LogP contribution in [0.3, 0.4) is 0 Å². The second-order valence-corrected chi connectivity index (χ2v) is 11.2. The van der Waals surface area contributed by atoms with Crippen LogP contribution in [0.4, 0.5) is 17.2 Å². The number of benzene rings is 2. The lowest BCUT2D eigenvalue weighted by Gasteiger charge is -2.33. The maximum absolute atomic E-state index is 12.4. The molecular weight excluding hydrogens is 620 g/mol. The first-order chi connectivity index (χ1) is 23.4. The van der Waals surface area contributed by atoms with Crippen molar-refractivity contribution in [2.45, 2.75) is 38.1 Å². The van der Waals surface area contributed by atoms with Crippen molar-refractivity contribution in [3.63, 3.8) is 0 Å². The summed E-state index contributed by atoms with van der Waals surface area (Å²) >= 11 is 0. The number of hydrogen-bond donors (Lipinski definition) is 3. The highest BCUT2D eigenvalue weighted by Gasteiger charge is 2.31. The summed E-state index contributed by atoms with van der Waals surface area (Å²) < 4.78 is 22.7. The fourth-order valence-electron chi connectivity index (χ4n) is 5.20. The van der Waals surface area contributed by atoms with Crippen LogP contribution in [0.5, 0.6) is 5.75 Å². The molecule has 3 aromatic rings. The molecule has 2 heterocycles. The number of carbonyl (C=O) groups is 4. The standard InChI is InChI=1S/C34H44N6O8/c1-39(24-41)29-22-25(9-10-27(29)40(2)28-11-12-32(42)37-34(28)44)6-5-15-45-16-17-46-18-19-47-20-21-48-30-8-4-3-7-26(30)23-33(43)36-31-13-14-35-38-31/h3-4,7-10,13-14,22,24,28H,5-6,11-12,15-21,23H2,1-2H3,(H,37,42,44)(H2,35,36,38,43). The van der Waals surface area contributed by atoms with Crippen LogP contribution in [-0.4, -0.2) is 101 Å². The Balaban J connectivity index is 1.05. The van der Waals surface area contributed by atoms with E-state index in [1.54, 1.807) is 26.4 Å². The van der Waals surface area contributed by atoms with Crippen LogP contribution in [0.1, 0.15) is 30.4 Å². The average molecular weight is 665 g/mol. The van der Waals surface area contributed by atoms with E-state index in [9.17, 15) is 19.2 Å². The molecule has 48 heavy (non-hydrogen) atoms. The van der Waals surface area contributed by atoms with Gasteiger partial charge in [-0.25, -0.2) is 0 Å². The van der Waals surface area contributed by atoms with Crippen LogP contribution < -0.4 is 25.2 Å². The second kappa shape index (κ2) is 19.1. The van der Waals surface area contributed by atoms with E-state index in [1.165, 1.54) is 4.90 Å². The zero-order valence-corrected chi connectivity index (χ0v) is 27.4. The molecule has 1 aromatic heterocycles. The van der Waals surface area contributed by atoms with Crippen molar-refractivity contribution in [2.75, 3.05) is 75.5 Å². The van der Waals surface area contributed by atoms with Gasteiger partial charge in [0.05, 0.1) is 57.0 Å². The SMILES string of the molecule is CN(C=O)c1cc(CCCOCCOCCOCCOc2ccccc2CC(=O)Nc2ccn[nH]2)ccc1N(C)C1CCC(=O)NC1=O. The topological polar surface area (TPSA) is 164 Å². The fraction of sp³-hybridized carbons (Fsp3) is 0.441. The Morgan fingerprint density at radius 1 is 0.958 bits per heavy atom. The summed E-state index contributed by atoms with van der Waals surface area (Å²) in [5, 5.41) is 11.7. The van der Waals surface area contributed by atoms with Gasteiger partial charge in [0.15, 0.2) is 0 Å². The second-order valence-electron chi connectivity index (χ2n) is 11.2. The van der Waals surface area contributed by atoms with E-state index in [1.807, 2.05) is 47.4 Å². The minimum atomic E-state index is -0.488. The number of rotatable bonds is 21. The minimum absolute atomic E-state index is 0.172. The zero-order chi connectivity index (χ0) is 34.1. The number of aromatic amines is 1. The fourth-order valence-corrected chi connectivity index (χ4v) is 5.20. The number of piperidine rings is 1. The van der Waals surface area contributed by atoms with Crippen molar-refractivity contribution in [3.8, 4) is 5.75 Å². The van der Waals surface area contributed by atoms with Crippen LogP contribution in [-0.2, 0) is 46.2 Å². The summed E-state index contributed by atoms with van der Waals surface area (Å²) in [5.74, 6) is 0.405. The molecule has 258 valence electrons. The van der Waals surface area contributed by atoms with Gasteiger partial charge in [0.2, 0.25) is 24.1 Å². The van der Waals surface area contributed by atoms with Gasteiger partial charge in [0.1, 0.15) is 24.2 Å². The van der Waals surface area contributed by atoms with Crippen molar-refractivity contribution in [3.05, 3.63) is 65.9 Å². The monoisotopic (exact) mass is 664 g/mol. The summed E-state index contributed by atoms with van der Waals surface area (Å²) in [6, 6.07) is 14.4. The van der Waals surface area contributed by atoms with Crippen molar-refractivity contribution >= 4 is 41.3 Å². The van der Waals surface area contributed by atoms with Gasteiger partial charge in [0, 0.05) is 38.8 Å². The van der Waals surface area contributed by atoms with Crippen molar-refractivity contribution in [1.29, 1.82) is 0 Å². The smallest absolute Gasteiger partial charge is 0.249 e. The Kier molecular flexibility index (Phi) is 14.4. The van der Waals surface area contributed by atoms with Crippen LogP contribution in [0.25, 0.3) is 0 Å². The summed E-state index contributed by atoms with van der Waals surface area (Å²) in [6.07, 6.45) is 4.71. The number of ether oxygens (including phenoxy) is 4. The Morgan fingerprint density at radius 3 is 2.40 bits per heavy atom. The number of likely N-dealkylation sites (N-methyl/N-ethyl adjacent to an activating group) is 1. The Labute approximate surface area is 280 Å². The maximum Gasteiger partial charge on any atom is 0.249 e. The molecule has 1 aliphatic rings. The van der Waals surface area contributed by atoms with Gasteiger partial charge < -0.3 is 34.1 Å². The third-order valence-electron chi connectivity index (χ3n) is 7.72. The van der Waals surface area contributed by atoms with Gasteiger partial charge in [0.25, 0.3) is 0 Å². The molecule has 14 heteroatoms. The van der Waals surface area contributed by atoms with Gasteiger partial charge >= 0.3 is 0 Å². The molecule has 0 saturated carbocycles. The number of para-hydroxylation sites is 1. The zero-order valence-electron chi connectivity index (χ0n) is 27.4. The van der Waals surface area contributed by atoms with Gasteiger partial charge in [-0.3, -0.25) is 29.6 Å². The molecule has 1 aliphatic heterocycles. The number of H-pyrrole nitrogens is 1. The molecule has 1 fully saturated rings. The van der Waals surface area contributed by atoms with Crippen LogP contribution in [0.2, 0.25) is 0 Å². The number of imide groups is 1. The summed E-state index contributed by atoms with van der Waals surface area (Å²) in [4.78, 5) is 51.2. The molecule has 0 radical (unpaired) electrons. The molecule has 2 aromatic carbocycles. The maximum atomic E-state index is 12.4. The van der Waals surface area contributed by atoms with Gasteiger partial charge in [-0.15, -0.1) is 0 Å². The van der Waals surface area contributed by atoms with E-state index in [-0.39, 0.29) is 30.6 Å². The quantitative estimate of drug-likeness (QED) is 0.0876. The van der Waals surface area contributed by atoms with Crippen molar-refractivity contribution < 1.29 is 38.1 Å². The van der Waals surface area contributed by atoms with Gasteiger partial charge in [-0.05, 0) is 43.0 Å². The highest BCUT2D eigenvalue weighted by molar-refractivity contribution is 6.02. The highest BCUT2D eigenvalue weighted by Crippen LogP contribution is 2.32. The summed E-state index contributed by atoms with van der Waals surface area (Å²) in [7, 11) is 3.47. The number of anilines is 3. The number of aromatic nitrogens is 2. The Morgan fingerprint density at radius 2 is 1.69 bits per heavy atom. The first kappa shape index (κ1) is 36.1. The molecule has 4 rings (SSSR count). The molecule has 0 spiro atoms. The largest absolute Gasteiger partial charge is 0.491 e.